The van der Waals surface area contributed by atoms with Crippen LogP contribution in [-0.2, 0) is 0 Å². The largest absolute Gasteiger partial charge is 0.478 e. The molecule has 1 aromatic rings. The molecule has 2 N–H and O–H groups in total. The molecule has 0 unspecified atom stereocenters. The minimum absolute atomic E-state index is 0.249. The molecule has 7 heteroatoms. The summed E-state index contributed by atoms with van der Waals surface area (Å²) in [5, 5.41) is 11.3. The molecule has 0 bridgehead atoms. The molecule has 0 aliphatic heterocycles. The Bertz CT molecular complexity index is 574. The Hall–Kier alpha value is -2.18. The van der Waals surface area contributed by atoms with Crippen molar-refractivity contribution in [3.63, 3.8) is 0 Å². The van der Waals surface area contributed by atoms with Crippen molar-refractivity contribution in [2.24, 2.45) is 5.92 Å². The van der Waals surface area contributed by atoms with E-state index in [1.54, 1.807) is 6.92 Å². The van der Waals surface area contributed by atoms with Gasteiger partial charge in [0.25, 0.3) is 0 Å². The van der Waals surface area contributed by atoms with Crippen LogP contribution in [0.15, 0.2) is 12.1 Å². The number of benzene rings is 1. The summed E-state index contributed by atoms with van der Waals surface area (Å²) in [6.07, 6.45) is 2.13. The van der Waals surface area contributed by atoms with Crippen molar-refractivity contribution in [3.05, 3.63) is 29.3 Å². The van der Waals surface area contributed by atoms with Crippen LogP contribution in [0.5, 0.6) is 0 Å². The van der Waals surface area contributed by atoms with E-state index in [-0.39, 0.29) is 5.69 Å². The number of carbonyl (C=O) groups is 2. The fraction of sp³-hybridized carbons (Fsp3) is 0.429. The monoisotopic (exact) mass is 298 g/mol. The molecule has 0 heterocycles. The van der Waals surface area contributed by atoms with Crippen LogP contribution < -0.4 is 5.32 Å². The van der Waals surface area contributed by atoms with Crippen LogP contribution in [0.2, 0.25) is 0 Å². The van der Waals surface area contributed by atoms with Gasteiger partial charge in [-0.2, -0.15) is 0 Å². The smallest absolute Gasteiger partial charge is 0.337 e. The molecule has 0 radical (unpaired) electrons. The first kappa shape index (κ1) is 15.2. The van der Waals surface area contributed by atoms with E-state index < -0.39 is 29.2 Å². The Labute approximate surface area is 120 Å². The topological polar surface area (TPSA) is 69.6 Å². The van der Waals surface area contributed by atoms with Crippen molar-refractivity contribution >= 4 is 17.7 Å². The number of halogens is 2. The van der Waals surface area contributed by atoms with Gasteiger partial charge < -0.3 is 15.3 Å². The summed E-state index contributed by atoms with van der Waals surface area (Å²) in [6, 6.07) is 0.726. The third kappa shape index (κ3) is 3.68. The second-order valence-electron chi connectivity index (χ2n) is 5.03. The maximum Gasteiger partial charge on any atom is 0.337 e. The lowest BCUT2D eigenvalue weighted by atomic mass is 10.1. The predicted molar refractivity (Wildman–Crippen MR) is 72.3 cm³/mol. The molecule has 1 aliphatic rings. The highest BCUT2D eigenvalue weighted by Gasteiger charge is 2.26. The summed E-state index contributed by atoms with van der Waals surface area (Å²) in [7, 11) is 0. The van der Waals surface area contributed by atoms with E-state index in [2.05, 4.69) is 5.32 Å². The molecule has 1 saturated carbocycles. The highest BCUT2D eigenvalue weighted by molar-refractivity contribution is 6.00. The maximum atomic E-state index is 13.2. The van der Waals surface area contributed by atoms with Gasteiger partial charge in [0.15, 0.2) is 11.6 Å². The van der Waals surface area contributed by atoms with Crippen molar-refractivity contribution in [1.82, 2.24) is 4.90 Å². The number of carbonyl (C=O) groups excluding carboxylic acids is 1. The molecule has 114 valence electrons. The van der Waals surface area contributed by atoms with Crippen molar-refractivity contribution in [1.29, 1.82) is 0 Å². The highest BCUT2D eigenvalue weighted by Crippen LogP contribution is 2.30. The molecule has 2 amide bonds. The van der Waals surface area contributed by atoms with Crippen LogP contribution >= 0.6 is 0 Å². The number of aromatic carboxylic acids is 1. The molecular formula is C14H16F2N2O3. The van der Waals surface area contributed by atoms with Gasteiger partial charge >= 0.3 is 12.0 Å². The lowest BCUT2D eigenvalue weighted by Gasteiger charge is -2.21. The number of hydrogen-bond donors (Lipinski definition) is 2. The fourth-order valence-electron chi connectivity index (χ4n) is 1.99. The summed E-state index contributed by atoms with van der Waals surface area (Å²) in [5.41, 5.74) is -0.731. The summed E-state index contributed by atoms with van der Waals surface area (Å²) in [6.45, 7) is 2.83. The molecule has 5 nitrogen and oxygen atoms in total. The van der Waals surface area contributed by atoms with Gasteiger partial charge in [0, 0.05) is 19.2 Å². The quantitative estimate of drug-likeness (QED) is 0.878. The molecule has 0 atom stereocenters. The first-order chi connectivity index (χ1) is 9.92. The summed E-state index contributed by atoms with van der Waals surface area (Å²) >= 11 is 0. The molecule has 2 rings (SSSR count). The number of hydrogen-bond acceptors (Lipinski definition) is 2. The molecule has 1 fully saturated rings. The van der Waals surface area contributed by atoms with Crippen LogP contribution in [-0.4, -0.2) is 35.1 Å². The van der Waals surface area contributed by atoms with Gasteiger partial charge in [-0.25, -0.2) is 18.4 Å². The third-order valence-corrected chi connectivity index (χ3v) is 3.38. The Kier molecular flexibility index (Phi) is 4.40. The zero-order valence-electron chi connectivity index (χ0n) is 11.5. The molecule has 1 aliphatic carbocycles. The van der Waals surface area contributed by atoms with Gasteiger partial charge in [-0.05, 0) is 31.7 Å². The van der Waals surface area contributed by atoms with Crippen molar-refractivity contribution < 1.29 is 23.5 Å². The minimum atomic E-state index is -1.44. The second-order valence-corrected chi connectivity index (χ2v) is 5.03. The number of carboxylic acid groups (broad SMARTS) is 1. The van der Waals surface area contributed by atoms with E-state index in [9.17, 15) is 18.4 Å². The van der Waals surface area contributed by atoms with Gasteiger partial charge in [0.05, 0.1) is 11.3 Å². The number of nitrogens with zero attached hydrogens (tertiary/aromatic N) is 1. The Morgan fingerprint density at radius 1 is 1.33 bits per heavy atom. The Balaban J connectivity index is 2.18. The zero-order valence-corrected chi connectivity index (χ0v) is 11.5. The van der Waals surface area contributed by atoms with Gasteiger partial charge in [0.1, 0.15) is 0 Å². The average Bonchev–Trinajstić information content (AvgIpc) is 3.23. The van der Waals surface area contributed by atoms with Crippen LogP contribution in [0, 0.1) is 17.6 Å². The van der Waals surface area contributed by atoms with E-state index in [4.69, 9.17) is 5.11 Å². The number of rotatable bonds is 5. The van der Waals surface area contributed by atoms with E-state index in [0.717, 1.165) is 12.8 Å². The Morgan fingerprint density at radius 2 is 1.95 bits per heavy atom. The van der Waals surface area contributed by atoms with E-state index in [1.807, 2.05) is 0 Å². The molecule has 1 aromatic carbocycles. The van der Waals surface area contributed by atoms with Crippen LogP contribution in [0.1, 0.15) is 30.1 Å². The summed E-state index contributed by atoms with van der Waals surface area (Å²) in [4.78, 5) is 24.6. The fourth-order valence-corrected chi connectivity index (χ4v) is 1.99. The maximum absolute atomic E-state index is 13.2. The first-order valence-corrected chi connectivity index (χ1v) is 6.70. The lowest BCUT2D eigenvalue weighted by Crippen LogP contribution is -2.36. The molecule has 0 spiro atoms. The highest BCUT2D eigenvalue weighted by atomic mass is 19.2. The third-order valence-electron chi connectivity index (χ3n) is 3.38. The van der Waals surface area contributed by atoms with E-state index in [0.29, 0.717) is 31.1 Å². The molecular weight excluding hydrogens is 282 g/mol. The molecule has 21 heavy (non-hydrogen) atoms. The predicted octanol–water partition coefficient (Wildman–Crippen LogP) is 2.93. The van der Waals surface area contributed by atoms with Gasteiger partial charge in [-0.3, -0.25) is 0 Å². The van der Waals surface area contributed by atoms with Gasteiger partial charge in [-0.15, -0.1) is 0 Å². The van der Waals surface area contributed by atoms with Gasteiger partial charge in [0.2, 0.25) is 0 Å². The van der Waals surface area contributed by atoms with Crippen LogP contribution in [0.4, 0.5) is 19.3 Å². The molecule has 0 aromatic heterocycles. The Morgan fingerprint density at radius 3 is 2.48 bits per heavy atom. The first-order valence-electron chi connectivity index (χ1n) is 6.70. The number of amides is 2. The number of anilines is 1. The van der Waals surface area contributed by atoms with Crippen LogP contribution in [0.3, 0.4) is 0 Å². The van der Waals surface area contributed by atoms with E-state index in [1.165, 1.54) is 4.90 Å². The van der Waals surface area contributed by atoms with Crippen molar-refractivity contribution in [2.45, 2.75) is 19.8 Å². The second kappa shape index (κ2) is 6.07. The average molecular weight is 298 g/mol. The van der Waals surface area contributed by atoms with Crippen molar-refractivity contribution in [3.8, 4) is 0 Å². The number of urea groups is 1. The lowest BCUT2D eigenvalue weighted by molar-refractivity contribution is 0.0697. The SMILES string of the molecule is CCN(CC1CC1)C(=O)Nc1cc(F)c(F)cc1C(=O)O. The normalized spacial score (nSPS) is 13.9. The number of nitrogens with one attached hydrogen (secondary N) is 1. The van der Waals surface area contributed by atoms with Gasteiger partial charge in [-0.1, -0.05) is 0 Å². The minimum Gasteiger partial charge on any atom is -0.478 e. The molecule has 0 saturated heterocycles. The summed E-state index contributed by atoms with van der Waals surface area (Å²) in [5.74, 6) is -3.44. The van der Waals surface area contributed by atoms with Crippen LogP contribution in [0.25, 0.3) is 0 Å². The van der Waals surface area contributed by atoms with Crippen molar-refractivity contribution in [2.75, 3.05) is 18.4 Å². The number of carboxylic acids is 1. The standard InChI is InChI=1S/C14H16F2N2O3/c1-2-18(7-8-3-4-8)14(21)17-12-6-11(16)10(15)5-9(12)13(19)20/h5-6,8H,2-4,7H2,1H3,(H,17,21)(H,19,20). The zero-order chi connectivity index (χ0) is 15.6. The summed E-state index contributed by atoms with van der Waals surface area (Å²) < 4.78 is 26.3. The van der Waals surface area contributed by atoms with E-state index >= 15 is 0 Å².